The third-order valence-electron chi connectivity index (χ3n) is 2.30. The fourth-order valence-corrected chi connectivity index (χ4v) is 1.54. The summed E-state index contributed by atoms with van der Waals surface area (Å²) in [4.78, 5) is 4.27. The van der Waals surface area contributed by atoms with Crippen LogP contribution in [0.25, 0.3) is 5.82 Å². The highest BCUT2D eigenvalue weighted by atomic mass is 16.5. The number of aromatic nitrogens is 2. The molecule has 0 bridgehead atoms. The van der Waals surface area contributed by atoms with E-state index in [1.54, 1.807) is 23.0 Å². The summed E-state index contributed by atoms with van der Waals surface area (Å²) in [6.07, 6.45) is 4.43. The molecular formula is C13H13N3O. The van der Waals surface area contributed by atoms with E-state index in [-0.39, 0.29) is 0 Å². The van der Waals surface area contributed by atoms with Gasteiger partial charge < -0.3 is 4.74 Å². The zero-order chi connectivity index (χ0) is 12.1. The monoisotopic (exact) mass is 227 g/mol. The molecule has 0 atom stereocenters. The van der Waals surface area contributed by atoms with Gasteiger partial charge >= 0.3 is 0 Å². The van der Waals surface area contributed by atoms with Crippen LogP contribution in [-0.2, 0) is 0 Å². The van der Waals surface area contributed by atoms with E-state index in [1.807, 2.05) is 25.1 Å². The predicted octanol–water partition coefficient (Wildman–Crippen LogP) is 2.53. The molecule has 0 spiro atoms. The maximum Gasteiger partial charge on any atom is 0.180 e. The van der Waals surface area contributed by atoms with Crippen LogP contribution in [0, 0.1) is 11.3 Å². The summed E-state index contributed by atoms with van der Waals surface area (Å²) in [6, 6.07) is 9.37. The number of rotatable bonds is 4. The zero-order valence-corrected chi connectivity index (χ0v) is 9.63. The molecule has 0 N–H and O–H groups in total. The van der Waals surface area contributed by atoms with Crippen molar-refractivity contribution in [3.05, 3.63) is 42.4 Å². The number of pyridine rings is 1. The molecule has 0 aliphatic rings. The summed E-state index contributed by atoms with van der Waals surface area (Å²) in [6.45, 7) is 2.69. The van der Waals surface area contributed by atoms with E-state index in [2.05, 4.69) is 11.1 Å². The lowest BCUT2D eigenvalue weighted by Gasteiger charge is -2.10. The average molecular weight is 227 g/mol. The quantitative estimate of drug-likeness (QED) is 0.806. The predicted molar refractivity (Wildman–Crippen MR) is 64.1 cm³/mol. The molecule has 0 amide bonds. The summed E-state index contributed by atoms with van der Waals surface area (Å²) >= 11 is 0. The van der Waals surface area contributed by atoms with Crippen LogP contribution in [0.5, 0.6) is 5.75 Å². The summed E-state index contributed by atoms with van der Waals surface area (Å²) in [7, 11) is 0. The van der Waals surface area contributed by atoms with Crippen LogP contribution in [0.15, 0.2) is 36.7 Å². The van der Waals surface area contributed by atoms with Crippen molar-refractivity contribution in [3.63, 3.8) is 0 Å². The van der Waals surface area contributed by atoms with Crippen molar-refractivity contribution < 1.29 is 4.74 Å². The van der Waals surface area contributed by atoms with E-state index >= 15 is 0 Å². The highest BCUT2D eigenvalue weighted by Gasteiger charge is 2.09. The molecule has 2 rings (SSSR count). The first-order valence-electron chi connectivity index (χ1n) is 5.52. The maximum atomic E-state index is 9.00. The second kappa shape index (κ2) is 5.17. The van der Waals surface area contributed by atoms with Gasteiger partial charge in [-0.25, -0.2) is 4.98 Å². The Morgan fingerprint density at radius 1 is 1.41 bits per heavy atom. The second-order valence-corrected chi connectivity index (χ2v) is 3.55. The molecule has 0 saturated heterocycles. The molecular weight excluding hydrogens is 214 g/mol. The minimum absolute atomic E-state index is 0.546. The lowest BCUT2D eigenvalue weighted by atomic mass is 10.4. The molecule has 0 radical (unpaired) electrons. The molecule has 0 aliphatic heterocycles. The van der Waals surface area contributed by atoms with Crippen LogP contribution < -0.4 is 4.74 Å². The highest BCUT2D eigenvalue weighted by Crippen LogP contribution is 2.21. The molecule has 2 heterocycles. The van der Waals surface area contributed by atoms with Gasteiger partial charge in [-0.15, -0.1) is 0 Å². The van der Waals surface area contributed by atoms with Gasteiger partial charge in [0.1, 0.15) is 11.8 Å². The Kier molecular flexibility index (Phi) is 3.41. The summed E-state index contributed by atoms with van der Waals surface area (Å²) in [5, 5.41) is 9.00. The number of hydrogen-bond acceptors (Lipinski definition) is 3. The molecule has 0 aromatic carbocycles. The van der Waals surface area contributed by atoms with Crippen molar-refractivity contribution in [1.82, 2.24) is 9.55 Å². The third-order valence-corrected chi connectivity index (χ3v) is 2.30. The van der Waals surface area contributed by atoms with Crippen molar-refractivity contribution in [2.45, 2.75) is 13.3 Å². The maximum absolute atomic E-state index is 9.00. The van der Waals surface area contributed by atoms with Crippen LogP contribution in [0.4, 0.5) is 0 Å². The number of ether oxygens (including phenoxy) is 1. The normalized spacial score (nSPS) is 9.88. The SMILES string of the molecule is CCCOc1cccnc1-n1cccc1C#N. The molecule has 0 saturated carbocycles. The van der Waals surface area contributed by atoms with Gasteiger partial charge in [-0.1, -0.05) is 6.92 Å². The van der Waals surface area contributed by atoms with Crippen molar-refractivity contribution in [3.8, 4) is 17.6 Å². The Labute approximate surface area is 100 Å². The van der Waals surface area contributed by atoms with Crippen LogP contribution in [-0.4, -0.2) is 16.2 Å². The average Bonchev–Trinajstić information content (AvgIpc) is 2.84. The van der Waals surface area contributed by atoms with Crippen molar-refractivity contribution in [2.75, 3.05) is 6.61 Å². The minimum Gasteiger partial charge on any atom is -0.490 e. The van der Waals surface area contributed by atoms with E-state index in [4.69, 9.17) is 10.00 Å². The Bertz CT molecular complexity index is 540. The van der Waals surface area contributed by atoms with Crippen molar-refractivity contribution >= 4 is 0 Å². The largest absolute Gasteiger partial charge is 0.490 e. The van der Waals surface area contributed by atoms with Gasteiger partial charge in [0.25, 0.3) is 0 Å². The molecule has 2 aromatic rings. The summed E-state index contributed by atoms with van der Waals surface area (Å²) < 4.78 is 7.34. The van der Waals surface area contributed by atoms with Gasteiger partial charge in [0, 0.05) is 12.4 Å². The van der Waals surface area contributed by atoms with Crippen molar-refractivity contribution in [2.24, 2.45) is 0 Å². The Morgan fingerprint density at radius 3 is 3.06 bits per heavy atom. The summed E-state index contributed by atoms with van der Waals surface area (Å²) in [5.74, 6) is 1.35. The van der Waals surface area contributed by atoms with E-state index < -0.39 is 0 Å². The molecule has 0 unspecified atom stereocenters. The molecule has 0 fully saturated rings. The third kappa shape index (κ3) is 2.28. The Morgan fingerprint density at radius 2 is 2.29 bits per heavy atom. The number of nitriles is 1. The summed E-state index contributed by atoms with van der Waals surface area (Å²) in [5.41, 5.74) is 0.546. The Hall–Kier alpha value is -2.28. The molecule has 17 heavy (non-hydrogen) atoms. The molecule has 86 valence electrons. The lowest BCUT2D eigenvalue weighted by Crippen LogP contribution is -2.04. The van der Waals surface area contributed by atoms with Gasteiger partial charge in [-0.05, 0) is 30.7 Å². The minimum atomic E-state index is 0.546. The van der Waals surface area contributed by atoms with E-state index in [1.165, 1.54) is 0 Å². The second-order valence-electron chi connectivity index (χ2n) is 3.55. The van der Waals surface area contributed by atoms with Gasteiger partial charge in [0.15, 0.2) is 11.6 Å². The molecule has 4 nitrogen and oxygen atoms in total. The van der Waals surface area contributed by atoms with Crippen LogP contribution in [0.1, 0.15) is 19.0 Å². The van der Waals surface area contributed by atoms with Gasteiger partial charge in [0.05, 0.1) is 6.61 Å². The first-order valence-corrected chi connectivity index (χ1v) is 5.52. The molecule has 4 heteroatoms. The fourth-order valence-electron chi connectivity index (χ4n) is 1.54. The number of hydrogen-bond donors (Lipinski definition) is 0. The van der Waals surface area contributed by atoms with Crippen molar-refractivity contribution in [1.29, 1.82) is 5.26 Å². The van der Waals surface area contributed by atoms with Gasteiger partial charge in [-0.2, -0.15) is 5.26 Å². The van der Waals surface area contributed by atoms with Gasteiger partial charge in [0.2, 0.25) is 0 Å². The van der Waals surface area contributed by atoms with E-state index in [0.29, 0.717) is 23.9 Å². The lowest BCUT2D eigenvalue weighted by molar-refractivity contribution is 0.315. The smallest absolute Gasteiger partial charge is 0.180 e. The van der Waals surface area contributed by atoms with Crippen LogP contribution in [0.2, 0.25) is 0 Å². The molecule has 2 aromatic heterocycles. The highest BCUT2D eigenvalue weighted by molar-refractivity contribution is 5.44. The number of nitrogens with zero attached hydrogens (tertiary/aromatic N) is 3. The first-order chi connectivity index (χ1) is 8.36. The van der Waals surface area contributed by atoms with E-state index in [9.17, 15) is 0 Å². The van der Waals surface area contributed by atoms with Crippen LogP contribution in [0.3, 0.4) is 0 Å². The Balaban J connectivity index is 2.41. The topological polar surface area (TPSA) is 50.8 Å². The zero-order valence-electron chi connectivity index (χ0n) is 9.63. The van der Waals surface area contributed by atoms with Crippen LogP contribution >= 0.6 is 0 Å². The fraction of sp³-hybridized carbons (Fsp3) is 0.231. The standard InChI is InChI=1S/C13H13N3O/c1-2-9-17-12-6-3-7-15-13(12)16-8-4-5-11(16)10-14/h3-8H,2,9H2,1H3. The van der Waals surface area contributed by atoms with Gasteiger partial charge in [-0.3, -0.25) is 4.57 Å². The first kappa shape index (κ1) is 11.2. The van der Waals surface area contributed by atoms with E-state index in [0.717, 1.165) is 6.42 Å². The molecule has 0 aliphatic carbocycles.